The van der Waals surface area contributed by atoms with Crippen molar-refractivity contribution in [2.75, 3.05) is 0 Å². The minimum absolute atomic E-state index is 0.00494. The number of hydrogen-bond acceptors (Lipinski definition) is 0. The van der Waals surface area contributed by atoms with Gasteiger partial charge in [-0.25, -0.2) is 0 Å². The molecule has 5 aromatic carbocycles. The molecule has 5 aromatic rings. The van der Waals surface area contributed by atoms with Gasteiger partial charge in [0.15, 0.2) is 0 Å². The molecule has 1 aliphatic heterocycles. The molecule has 0 fully saturated rings. The first-order valence-electron chi connectivity index (χ1n) is 12.9. The molecular weight excluding hydrogens is 451 g/mol. The fraction of sp³-hybridized carbons (Fsp3) is 0.200. The molecule has 0 N–H and O–H groups in total. The largest absolute Gasteiger partial charge is 0.0622 e. The Morgan fingerprint density at radius 1 is 0.528 bits per heavy atom. The Morgan fingerprint density at radius 3 is 1.64 bits per heavy atom. The SMILES string of the molecule is Cc1cc2c3c(cccc3c1)C(C)(C)P(c1c(-c3ccccc3)cccc1-c1ccccc1)C2(C)C. The van der Waals surface area contributed by atoms with E-state index in [2.05, 4.69) is 144 Å². The third kappa shape index (κ3) is 3.47. The van der Waals surface area contributed by atoms with Crippen LogP contribution in [-0.2, 0) is 10.3 Å². The molecule has 36 heavy (non-hydrogen) atoms. The zero-order valence-electron chi connectivity index (χ0n) is 21.8. The Labute approximate surface area is 216 Å². The van der Waals surface area contributed by atoms with Gasteiger partial charge in [-0.2, -0.15) is 0 Å². The number of hydrogen-bond donors (Lipinski definition) is 0. The predicted octanol–water partition coefficient (Wildman–Crippen LogP) is 9.77. The van der Waals surface area contributed by atoms with E-state index in [1.807, 2.05) is 0 Å². The van der Waals surface area contributed by atoms with Crippen molar-refractivity contribution in [2.24, 2.45) is 0 Å². The van der Waals surface area contributed by atoms with Gasteiger partial charge in [0.2, 0.25) is 0 Å². The van der Waals surface area contributed by atoms with E-state index in [9.17, 15) is 0 Å². The fourth-order valence-electron chi connectivity index (χ4n) is 6.55. The normalized spacial score (nSPS) is 17.8. The third-order valence-electron chi connectivity index (χ3n) is 7.99. The second-order valence-electron chi connectivity index (χ2n) is 11.1. The summed E-state index contributed by atoms with van der Waals surface area (Å²) < 4.78 is 0. The quantitative estimate of drug-likeness (QED) is 0.224. The Balaban J connectivity index is 1.73. The summed E-state index contributed by atoms with van der Waals surface area (Å²) in [7, 11) is -0.667. The van der Waals surface area contributed by atoms with Crippen LogP contribution in [0.25, 0.3) is 33.0 Å². The first kappa shape index (κ1) is 23.2. The molecule has 0 aromatic heterocycles. The molecule has 0 spiro atoms. The summed E-state index contributed by atoms with van der Waals surface area (Å²) in [5.41, 5.74) is 9.67. The van der Waals surface area contributed by atoms with Crippen molar-refractivity contribution in [1.29, 1.82) is 0 Å². The highest BCUT2D eigenvalue weighted by molar-refractivity contribution is 7.68. The number of aryl methyl sites for hydroxylation is 1. The van der Waals surface area contributed by atoms with E-state index in [0.717, 1.165) is 0 Å². The van der Waals surface area contributed by atoms with E-state index < -0.39 is 7.92 Å². The Hall–Kier alpha value is -3.21. The second kappa shape index (κ2) is 8.43. The molecule has 1 aliphatic rings. The van der Waals surface area contributed by atoms with Gasteiger partial charge in [-0.05, 0) is 56.4 Å². The lowest BCUT2D eigenvalue weighted by Gasteiger charge is -2.52. The van der Waals surface area contributed by atoms with E-state index in [0.29, 0.717) is 0 Å². The van der Waals surface area contributed by atoms with Gasteiger partial charge in [0.25, 0.3) is 0 Å². The van der Waals surface area contributed by atoms with Crippen molar-refractivity contribution < 1.29 is 0 Å². The molecule has 0 bridgehead atoms. The Morgan fingerprint density at radius 2 is 1.06 bits per heavy atom. The minimum atomic E-state index is -0.667. The summed E-state index contributed by atoms with van der Waals surface area (Å²) in [6.07, 6.45) is 0. The topological polar surface area (TPSA) is 0 Å². The van der Waals surface area contributed by atoms with Crippen LogP contribution in [0, 0.1) is 6.92 Å². The van der Waals surface area contributed by atoms with Crippen molar-refractivity contribution >= 4 is 24.0 Å². The predicted molar refractivity (Wildman–Crippen MR) is 159 cm³/mol. The molecule has 0 amide bonds. The van der Waals surface area contributed by atoms with E-state index in [1.165, 1.54) is 55.0 Å². The third-order valence-corrected chi connectivity index (χ3v) is 11.6. The summed E-state index contributed by atoms with van der Waals surface area (Å²) in [6, 6.07) is 40.7. The van der Waals surface area contributed by atoms with Gasteiger partial charge in [0.1, 0.15) is 0 Å². The van der Waals surface area contributed by atoms with Crippen LogP contribution in [0.2, 0.25) is 0 Å². The zero-order chi connectivity index (χ0) is 25.1. The summed E-state index contributed by atoms with van der Waals surface area (Å²) in [5, 5.41) is 4.35. The number of rotatable bonds is 3. The van der Waals surface area contributed by atoms with Gasteiger partial charge in [-0.1, -0.05) is 150 Å². The summed E-state index contributed by atoms with van der Waals surface area (Å²) in [4.78, 5) is 0. The van der Waals surface area contributed by atoms with E-state index >= 15 is 0 Å². The molecule has 1 atom stereocenters. The van der Waals surface area contributed by atoms with Gasteiger partial charge >= 0.3 is 0 Å². The highest BCUT2D eigenvalue weighted by atomic mass is 31.1. The van der Waals surface area contributed by atoms with Crippen LogP contribution >= 0.6 is 7.92 Å². The van der Waals surface area contributed by atoms with Crippen LogP contribution in [0.1, 0.15) is 44.4 Å². The monoisotopic (exact) mass is 484 g/mol. The summed E-state index contributed by atoms with van der Waals surface area (Å²) in [5.74, 6) is 0. The Bertz CT molecular complexity index is 1520. The van der Waals surface area contributed by atoms with Crippen LogP contribution in [0.5, 0.6) is 0 Å². The molecule has 0 radical (unpaired) electrons. The maximum Gasteiger partial charge on any atom is 0.0153 e. The maximum absolute atomic E-state index is 2.50. The average molecular weight is 485 g/mol. The lowest BCUT2D eigenvalue weighted by atomic mass is 9.85. The highest BCUT2D eigenvalue weighted by Crippen LogP contribution is 2.72. The van der Waals surface area contributed by atoms with Crippen LogP contribution in [0.3, 0.4) is 0 Å². The first-order chi connectivity index (χ1) is 17.3. The zero-order valence-corrected chi connectivity index (χ0v) is 22.7. The van der Waals surface area contributed by atoms with Crippen LogP contribution in [-0.4, -0.2) is 0 Å². The average Bonchev–Trinajstić information content (AvgIpc) is 2.88. The van der Waals surface area contributed by atoms with Crippen LogP contribution in [0.15, 0.2) is 109 Å². The molecule has 178 valence electrons. The van der Waals surface area contributed by atoms with Crippen molar-refractivity contribution in [1.82, 2.24) is 0 Å². The van der Waals surface area contributed by atoms with Gasteiger partial charge in [0, 0.05) is 10.3 Å². The van der Waals surface area contributed by atoms with Crippen molar-refractivity contribution in [2.45, 2.75) is 44.9 Å². The standard InChI is InChI=1S/C35H33P/c1-24-22-27-18-12-21-30-32(27)31(23-24)35(4,5)36(34(30,2)3)33-28(25-14-8-6-9-15-25)19-13-20-29(33)26-16-10-7-11-17-26/h6-23H,1-5H3. The second-order valence-corrected chi connectivity index (χ2v) is 14.5. The first-order valence-corrected chi connectivity index (χ1v) is 14.2. The molecule has 1 unspecified atom stereocenters. The molecule has 6 rings (SSSR count). The number of benzene rings is 5. The molecule has 0 saturated carbocycles. The lowest BCUT2D eigenvalue weighted by Crippen LogP contribution is -2.37. The molecule has 1 heteroatoms. The molecule has 0 nitrogen and oxygen atoms in total. The summed E-state index contributed by atoms with van der Waals surface area (Å²) >= 11 is 0. The molecule has 0 aliphatic carbocycles. The van der Waals surface area contributed by atoms with Crippen LogP contribution < -0.4 is 5.30 Å². The molecular formula is C35H33P. The lowest BCUT2D eigenvalue weighted by molar-refractivity contribution is 0.679. The van der Waals surface area contributed by atoms with E-state index in [-0.39, 0.29) is 10.3 Å². The maximum atomic E-state index is 2.50. The summed E-state index contributed by atoms with van der Waals surface area (Å²) in [6.45, 7) is 12.2. The molecule has 1 heterocycles. The van der Waals surface area contributed by atoms with Crippen molar-refractivity contribution in [3.05, 3.63) is 126 Å². The smallest absolute Gasteiger partial charge is 0.0153 e. The van der Waals surface area contributed by atoms with Gasteiger partial charge < -0.3 is 0 Å². The van der Waals surface area contributed by atoms with Gasteiger partial charge in [-0.15, -0.1) is 0 Å². The molecule has 0 saturated heterocycles. The van der Waals surface area contributed by atoms with E-state index in [1.54, 1.807) is 0 Å². The minimum Gasteiger partial charge on any atom is -0.0622 e. The van der Waals surface area contributed by atoms with Crippen molar-refractivity contribution in [3.8, 4) is 22.3 Å². The van der Waals surface area contributed by atoms with Gasteiger partial charge in [-0.3, -0.25) is 0 Å². The van der Waals surface area contributed by atoms with E-state index in [4.69, 9.17) is 0 Å². The van der Waals surface area contributed by atoms with Crippen molar-refractivity contribution in [3.63, 3.8) is 0 Å². The van der Waals surface area contributed by atoms with Gasteiger partial charge in [0.05, 0.1) is 0 Å². The van der Waals surface area contributed by atoms with Crippen LogP contribution in [0.4, 0.5) is 0 Å². The Kier molecular flexibility index (Phi) is 5.43. The highest BCUT2D eigenvalue weighted by Gasteiger charge is 2.49. The fourth-order valence-corrected chi connectivity index (χ4v) is 10.8.